The van der Waals surface area contributed by atoms with Crippen molar-refractivity contribution in [2.75, 3.05) is 19.0 Å². The first-order chi connectivity index (χ1) is 7.72. The molecule has 0 N–H and O–H groups in total. The quantitative estimate of drug-likeness (QED) is 0.414. The molecule has 0 aliphatic carbocycles. The lowest BCUT2D eigenvalue weighted by molar-refractivity contribution is 0.112. The predicted octanol–water partition coefficient (Wildman–Crippen LogP) is 3.26. The summed E-state index contributed by atoms with van der Waals surface area (Å²) < 4.78 is 5.48. The molecule has 0 atom stereocenters. The molecular weight excluding hydrogens is 220 g/mol. The lowest BCUT2D eigenvalue weighted by atomic mass is 10.2. The molecule has 0 radical (unpaired) electrons. The van der Waals surface area contributed by atoms with Crippen LogP contribution in [0.5, 0.6) is 0 Å². The predicted molar refractivity (Wildman–Crippen MR) is 68.2 cm³/mol. The third kappa shape index (κ3) is 5.33. The highest BCUT2D eigenvalue weighted by atomic mass is 32.2. The summed E-state index contributed by atoms with van der Waals surface area (Å²) in [4.78, 5) is 11.7. The normalized spacial score (nSPS) is 10.7. The molecule has 88 valence electrons. The minimum Gasteiger partial charge on any atom is -0.380 e. The van der Waals surface area contributed by atoms with E-state index in [1.54, 1.807) is 11.8 Å². The number of carbonyl (C=O) groups excluding carboxylic acids is 1. The van der Waals surface area contributed by atoms with Crippen molar-refractivity contribution in [3.05, 3.63) is 29.8 Å². The SMILES string of the molecule is CC(C)COCCSc1cccc(C=O)c1. The fourth-order valence-electron chi connectivity index (χ4n) is 1.22. The van der Waals surface area contributed by atoms with Crippen LogP contribution >= 0.6 is 11.8 Å². The highest BCUT2D eigenvalue weighted by molar-refractivity contribution is 7.99. The number of hydrogen-bond acceptors (Lipinski definition) is 3. The van der Waals surface area contributed by atoms with Crippen LogP contribution in [0.2, 0.25) is 0 Å². The molecule has 1 aromatic rings. The van der Waals surface area contributed by atoms with Crippen LogP contribution in [0.4, 0.5) is 0 Å². The van der Waals surface area contributed by atoms with Crippen LogP contribution in [0.3, 0.4) is 0 Å². The minimum absolute atomic E-state index is 0.586. The van der Waals surface area contributed by atoms with Crippen LogP contribution in [0.1, 0.15) is 24.2 Å². The number of hydrogen-bond donors (Lipinski definition) is 0. The zero-order valence-electron chi connectivity index (χ0n) is 9.81. The molecule has 0 fully saturated rings. The van der Waals surface area contributed by atoms with Gasteiger partial charge in [-0.05, 0) is 18.1 Å². The highest BCUT2D eigenvalue weighted by Crippen LogP contribution is 2.18. The minimum atomic E-state index is 0.586. The Morgan fingerprint density at radius 3 is 2.94 bits per heavy atom. The van der Waals surface area contributed by atoms with Gasteiger partial charge in [-0.25, -0.2) is 0 Å². The molecular formula is C13H18O2S. The monoisotopic (exact) mass is 238 g/mol. The van der Waals surface area contributed by atoms with Crippen molar-refractivity contribution in [3.8, 4) is 0 Å². The second-order valence-electron chi connectivity index (χ2n) is 4.01. The van der Waals surface area contributed by atoms with Crippen LogP contribution in [-0.4, -0.2) is 25.3 Å². The van der Waals surface area contributed by atoms with Crippen LogP contribution < -0.4 is 0 Å². The van der Waals surface area contributed by atoms with Gasteiger partial charge in [-0.3, -0.25) is 4.79 Å². The van der Waals surface area contributed by atoms with E-state index in [4.69, 9.17) is 4.74 Å². The zero-order valence-corrected chi connectivity index (χ0v) is 10.6. The van der Waals surface area contributed by atoms with Crippen LogP contribution in [0.15, 0.2) is 29.2 Å². The topological polar surface area (TPSA) is 26.3 Å². The molecule has 3 heteroatoms. The molecule has 0 spiro atoms. The molecule has 0 aliphatic rings. The van der Waals surface area contributed by atoms with E-state index in [1.807, 2.05) is 24.3 Å². The Bertz CT molecular complexity index is 323. The number of aldehydes is 1. The van der Waals surface area contributed by atoms with Gasteiger partial charge in [-0.15, -0.1) is 11.8 Å². The van der Waals surface area contributed by atoms with E-state index in [0.29, 0.717) is 5.92 Å². The van der Waals surface area contributed by atoms with Crippen LogP contribution in [-0.2, 0) is 4.74 Å². The summed E-state index contributed by atoms with van der Waals surface area (Å²) >= 11 is 1.72. The third-order valence-corrected chi connectivity index (χ3v) is 2.90. The summed E-state index contributed by atoms with van der Waals surface area (Å²) in [6.45, 7) is 5.85. The maximum atomic E-state index is 10.6. The Balaban J connectivity index is 2.23. The molecule has 0 heterocycles. The van der Waals surface area contributed by atoms with Gasteiger partial charge in [0.05, 0.1) is 6.61 Å². The van der Waals surface area contributed by atoms with E-state index < -0.39 is 0 Å². The maximum Gasteiger partial charge on any atom is 0.150 e. The molecule has 0 amide bonds. The summed E-state index contributed by atoms with van der Waals surface area (Å²) in [5, 5.41) is 0. The van der Waals surface area contributed by atoms with E-state index in [0.717, 1.165) is 35.7 Å². The lowest BCUT2D eigenvalue weighted by Crippen LogP contribution is -2.04. The van der Waals surface area contributed by atoms with E-state index in [2.05, 4.69) is 13.8 Å². The summed E-state index contributed by atoms with van der Waals surface area (Å²) in [6, 6.07) is 7.63. The molecule has 0 bridgehead atoms. The molecule has 0 saturated heterocycles. The van der Waals surface area contributed by atoms with Gasteiger partial charge in [0.1, 0.15) is 6.29 Å². The van der Waals surface area contributed by atoms with Gasteiger partial charge < -0.3 is 4.74 Å². The summed E-state index contributed by atoms with van der Waals surface area (Å²) in [5.41, 5.74) is 0.730. The fourth-order valence-corrected chi connectivity index (χ4v) is 2.05. The van der Waals surface area contributed by atoms with E-state index in [-0.39, 0.29) is 0 Å². The Morgan fingerprint density at radius 2 is 2.25 bits per heavy atom. The van der Waals surface area contributed by atoms with Gasteiger partial charge >= 0.3 is 0 Å². The Morgan fingerprint density at radius 1 is 1.44 bits per heavy atom. The van der Waals surface area contributed by atoms with E-state index >= 15 is 0 Å². The smallest absolute Gasteiger partial charge is 0.150 e. The lowest BCUT2D eigenvalue weighted by Gasteiger charge is -2.06. The first-order valence-corrected chi connectivity index (χ1v) is 6.46. The Kier molecular flexibility index (Phi) is 6.19. The maximum absolute atomic E-state index is 10.6. The average Bonchev–Trinajstić information content (AvgIpc) is 2.28. The number of carbonyl (C=O) groups is 1. The molecule has 0 aliphatic heterocycles. The summed E-state index contributed by atoms with van der Waals surface area (Å²) in [7, 11) is 0. The Hall–Kier alpha value is -0.800. The van der Waals surface area contributed by atoms with Gasteiger partial charge in [0.25, 0.3) is 0 Å². The number of ether oxygens (including phenoxy) is 1. The number of thioether (sulfide) groups is 1. The molecule has 0 aromatic heterocycles. The van der Waals surface area contributed by atoms with E-state index in [9.17, 15) is 4.79 Å². The standard InChI is InChI=1S/C13H18O2S/c1-11(2)10-15-6-7-16-13-5-3-4-12(8-13)9-14/h3-5,8-9,11H,6-7,10H2,1-2H3. The molecule has 1 rings (SSSR count). The molecule has 2 nitrogen and oxygen atoms in total. The van der Waals surface area contributed by atoms with Crippen molar-refractivity contribution in [2.45, 2.75) is 18.7 Å². The van der Waals surface area contributed by atoms with Crippen molar-refractivity contribution in [1.82, 2.24) is 0 Å². The van der Waals surface area contributed by atoms with Crippen molar-refractivity contribution in [2.24, 2.45) is 5.92 Å². The van der Waals surface area contributed by atoms with Gasteiger partial charge in [0.2, 0.25) is 0 Å². The molecule has 0 unspecified atom stereocenters. The zero-order chi connectivity index (χ0) is 11.8. The highest BCUT2D eigenvalue weighted by Gasteiger charge is 1.97. The van der Waals surface area contributed by atoms with Gasteiger partial charge in [-0.1, -0.05) is 26.0 Å². The molecule has 16 heavy (non-hydrogen) atoms. The molecule has 0 saturated carbocycles. The second kappa shape index (κ2) is 7.47. The first kappa shape index (κ1) is 13.3. The van der Waals surface area contributed by atoms with Crippen LogP contribution in [0, 0.1) is 5.92 Å². The largest absolute Gasteiger partial charge is 0.380 e. The summed E-state index contributed by atoms with van der Waals surface area (Å²) in [5.74, 6) is 1.51. The summed E-state index contributed by atoms with van der Waals surface area (Å²) in [6.07, 6.45) is 0.874. The van der Waals surface area contributed by atoms with Gasteiger partial charge in [0, 0.05) is 22.8 Å². The van der Waals surface area contributed by atoms with Crippen molar-refractivity contribution < 1.29 is 9.53 Å². The van der Waals surface area contributed by atoms with Crippen molar-refractivity contribution in [3.63, 3.8) is 0 Å². The van der Waals surface area contributed by atoms with E-state index in [1.165, 1.54) is 0 Å². The fraction of sp³-hybridized carbons (Fsp3) is 0.462. The Labute approximate surface area is 101 Å². The van der Waals surface area contributed by atoms with Crippen molar-refractivity contribution >= 4 is 18.0 Å². The number of benzene rings is 1. The second-order valence-corrected chi connectivity index (χ2v) is 5.18. The van der Waals surface area contributed by atoms with Crippen LogP contribution in [0.25, 0.3) is 0 Å². The number of rotatable bonds is 7. The average molecular weight is 238 g/mol. The van der Waals surface area contributed by atoms with Gasteiger partial charge in [-0.2, -0.15) is 0 Å². The molecule has 1 aromatic carbocycles. The van der Waals surface area contributed by atoms with Crippen molar-refractivity contribution in [1.29, 1.82) is 0 Å². The first-order valence-electron chi connectivity index (χ1n) is 5.48. The third-order valence-electron chi connectivity index (χ3n) is 1.94. The van der Waals surface area contributed by atoms with Gasteiger partial charge in [0.15, 0.2) is 0 Å².